The van der Waals surface area contributed by atoms with E-state index >= 15 is 0 Å². The summed E-state index contributed by atoms with van der Waals surface area (Å²) >= 11 is 0. The normalized spacial score (nSPS) is 18.7. The van der Waals surface area contributed by atoms with Crippen molar-refractivity contribution in [3.8, 4) is 0 Å². The number of aliphatic hydroxyl groups excluding tert-OH is 1. The summed E-state index contributed by atoms with van der Waals surface area (Å²) in [6.45, 7) is 1.56. The van der Waals surface area contributed by atoms with Crippen molar-refractivity contribution in [2.45, 2.75) is 38.3 Å². The molecule has 0 aliphatic heterocycles. The SMILES string of the molecule is Cc1ccc(F)c([C@@H](N)[C@@H](O)C2CCC2)c1F.Cl. The maximum atomic E-state index is 13.8. The van der Waals surface area contributed by atoms with Gasteiger partial charge in [0.05, 0.1) is 12.1 Å². The Hall–Kier alpha value is -0.710. The zero-order valence-corrected chi connectivity index (χ0v) is 11.0. The quantitative estimate of drug-likeness (QED) is 0.892. The molecule has 1 aromatic carbocycles. The molecule has 2 nitrogen and oxygen atoms in total. The van der Waals surface area contributed by atoms with Gasteiger partial charge >= 0.3 is 0 Å². The Morgan fingerprint density at radius 3 is 2.44 bits per heavy atom. The summed E-state index contributed by atoms with van der Waals surface area (Å²) in [6.07, 6.45) is 1.94. The Morgan fingerprint density at radius 1 is 1.33 bits per heavy atom. The Balaban J connectivity index is 0.00000162. The van der Waals surface area contributed by atoms with E-state index in [0.717, 1.165) is 19.3 Å². The Kier molecular flexibility index (Phi) is 5.08. The van der Waals surface area contributed by atoms with Crippen molar-refractivity contribution < 1.29 is 13.9 Å². The minimum atomic E-state index is -0.986. The van der Waals surface area contributed by atoms with Crippen molar-refractivity contribution in [1.29, 1.82) is 0 Å². The maximum Gasteiger partial charge on any atom is 0.133 e. The molecule has 1 fully saturated rings. The van der Waals surface area contributed by atoms with Crippen LogP contribution in [0.15, 0.2) is 12.1 Å². The van der Waals surface area contributed by atoms with E-state index in [2.05, 4.69) is 0 Å². The molecule has 0 heterocycles. The van der Waals surface area contributed by atoms with Gasteiger partial charge in [-0.25, -0.2) is 8.78 Å². The van der Waals surface area contributed by atoms with Gasteiger partial charge in [-0.15, -0.1) is 12.4 Å². The number of hydrogen-bond donors (Lipinski definition) is 2. The number of halogens is 3. The van der Waals surface area contributed by atoms with Gasteiger partial charge in [0.15, 0.2) is 0 Å². The van der Waals surface area contributed by atoms with Gasteiger partial charge in [0.25, 0.3) is 0 Å². The second kappa shape index (κ2) is 5.95. The third-order valence-electron chi connectivity index (χ3n) is 3.65. The summed E-state index contributed by atoms with van der Waals surface area (Å²) in [5.74, 6) is -1.25. The van der Waals surface area contributed by atoms with Gasteiger partial charge in [-0.05, 0) is 37.3 Å². The minimum Gasteiger partial charge on any atom is -0.391 e. The smallest absolute Gasteiger partial charge is 0.133 e. The molecule has 1 aliphatic carbocycles. The van der Waals surface area contributed by atoms with Crippen LogP contribution >= 0.6 is 12.4 Å². The molecule has 1 aromatic rings. The number of aryl methyl sites for hydroxylation is 1. The summed E-state index contributed by atoms with van der Waals surface area (Å²) in [5.41, 5.74) is 5.94. The lowest BCUT2D eigenvalue weighted by atomic mass is 9.77. The highest BCUT2D eigenvalue weighted by atomic mass is 35.5. The molecule has 0 spiro atoms. The lowest BCUT2D eigenvalue weighted by molar-refractivity contribution is 0.0395. The first-order valence-corrected chi connectivity index (χ1v) is 5.90. The molecule has 1 aliphatic rings. The van der Waals surface area contributed by atoms with Crippen molar-refractivity contribution in [2.24, 2.45) is 11.7 Å². The predicted molar refractivity (Wildman–Crippen MR) is 68.6 cm³/mol. The van der Waals surface area contributed by atoms with Crippen LogP contribution in [-0.4, -0.2) is 11.2 Å². The van der Waals surface area contributed by atoms with Crippen molar-refractivity contribution in [1.82, 2.24) is 0 Å². The van der Waals surface area contributed by atoms with Gasteiger partial charge in [0, 0.05) is 5.56 Å². The lowest BCUT2D eigenvalue weighted by Gasteiger charge is -2.34. The fourth-order valence-electron chi connectivity index (χ4n) is 2.23. The van der Waals surface area contributed by atoms with Gasteiger partial charge in [-0.3, -0.25) is 0 Å². The summed E-state index contributed by atoms with van der Waals surface area (Å²) in [6, 6.07) is 1.58. The summed E-state index contributed by atoms with van der Waals surface area (Å²) in [5, 5.41) is 9.97. The zero-order valence-electron chi connectivity index (χ0n) is 10.2. The molecule has 2 rings (SSSR count). The first-order chi connectivity index (χ1) is 8.02. The van der Waals surface area contributed by atoms with Crippen LogP contribution in [-0.2, 0) is 0 Å². The third-order valence-corrected chi connectivity index (χ3v) is 3.65. The van der Waals surface area contributed by atoms with E-state index in [4.69, 9.17) is 5.73 Å². The van der Waals surface area contributed by atoms with Gasteiger partial charge in [-0.2, -0.15) is 0 Å². The van der Waals surface area contributed by atoms with E-state index < -0.39 is 23.8 Å². The topological polar surface area (TPSA) is 46.2 Å². The van der Waals surface area contributed by atoms with Crippen LogP contribution in [0.5, 0.6) is 0 Å². The van der Waals surface area contributed by atoms with Crippen molar-refractivity contribution >= 4 is 12.4 Å². The third kappa shape index (κ3) is 2.66. The molecule has 102 valence electrons. The maximum absolute atomic E-state index is 13.8. The predicted octanol–water partition coefficient (Wildman–Crippen LogP) is 2.86. The van der Waals surface area contributed by atoms with Crippen LogP contribution in [0.25, 0.3) is 0 Å². The van der Waals surface area contributed by atoms with Crippen molar-refractivity contribution in [2.75, 3.05) is 0 Å². The number of nitrogens with two attached hydrogens (primary N) is 1. The van der Waals surface area contributed by atoms with Crippen molar-refractivity contribution in [3.05, 3.63) is 34.9 Å². The average molecular weight is 278 g/mol. The van der Waals surface area contributed by atoms with Crippen LogP contribution in [0.1, 0.15) is 36.4 Å². The van der Waals surface area contributed by atoms with E-state index in [9.17, 15) is 13.9 Å². The Labute approximate surface area is 112 Å². The van der Waals surface area contributed by atoms with E-state index in [1.54, 1.807) is 6.92 Å². The number of benzene rings is 1. The Morgan fingerprint density at radius 2 is 1.94 bits per heavy atom. The highest BCUT2D eigenvalue weighted by Gasteiger charge is 2.33. The summed E-state index contributed by atoms with van der Waals surface area (Å²) in [7, 11) is 0. The molecule has 18 heavy (non-hydrogen) atoms. The van der Waals surface area contributed by atoms with Crippen LogP contribution in [0.4, 0.5) is 8.78 Å². The summed E-state index contributed by atoms with van der Waals surface area (Å²) < 4.78 is 27.4. The standard InChI is InChI=1S/C13H17F2NO.ClH/c1-7-5-6-9(14)10(11(7)15)12(16)13(17)8-3-2-4-8;/h5-6,8,12-13,17H,2-4,16H2,1H3;1H/t12-,13+;/m1./s1. The van der Waals surface area contributed by atoms with E-state index in [1.165, 1.54) is 12.1 Å². The van der Waals surface area contributed by atoms with Crippen molar-refractivity contribution in [3.63, 3.8) is 0 Å². The van der Waals surface area contributed by atoms with E-state index in [0.29, 0.717) is 5.56 Å². The molecule has 0 radical (unpaired) electrons. The lowest BCUT2D eigenvalue weighted by Crippen LogP contribution is -2.37. The number of hydrogen-bond acceptors (Lipinski definition) is 2. The molecule has 0 bridgehead atoms. The van der Waals surface area contributed by atoms with Gasteiger partial charge < -0.3 is 10.8 Å². The highest BCUT2D eigenvalue weighted by Crippen LogP contribution is 2.35. The van der Waals surface area contributed by atoms with Crippen LogP contribution < -0.4 is 5.73 Å². The average Bonchev–Trinajstić information content (AvgIpc) is 2.21. The molecular formula is C13H18ClF2NO. The van der Waals surface area contributed by atoms with Crippen LogP contribution in [0.2, 0.25) is 0 Å². The fraction of sp³-hybridized carbons (Fsp3) is 0.538. The first-order valence-electron chi connectivity index (χ1n) is 5.90. The number of aliphatic hydroxyl groups is 1. The van der Waals surface area contributed by atoms with Gasteiger partial charge in [0.1, 0.15) is 11.6 Å². The summed E-state index contributed by atoms with van der Waals surface area (Å²) in [4.78, 5) is 0. The molecular weight excluding hydrogens is 260 g/mol. The minimum absolute atomic E-state index is 0. The molecule has 0 amide bonds. The number of rotatable bonds is 3. The monoisotopic (exact) mass is 277 g/mol. The van der Waals surface area contributed by atoms with Crippen LogP contribution in [0.3, 0.4) is 0 Å². The van der Waals surface area contributed by atoms with Crippen LogP contribution in [0, 0.1) is 24.5 Å². The first kappa shape index (κ1) is 15.3. The van der Waals surface area contributed by atoms with Gasteiger partial charge in [0.2, 0.25) is 0 Å². The van der Waals surface area contributed by atoms with E-state index in [1.807, 2.05) is 0 Å². The fourth-order valence-corrected chi connectivity index (χ4v) is 2.23. The molecule has 5 heteroatoms. The zero-order chi connectivity index (χ0) is 12.6. The Bertz CT molecular complexity index is 424. The largest absolute Gasteiger partial charge is 0.391 e. The molecule has 0 aromatic heterocycles. The second-order valence-corrected chi connectivity index (χ2v) is 4.80. The van der Waals surface area contributed by atoms with Gasteiger partial charge in [-0.1, -0.05) is 12.5 Å². The molecule has 2 atom stereocenters. The molecule has 0 unspecified atom stereocenters. The second-order valence-electron chi connectivity index (χ2n) is 4.80. The molecule has 3 N–H and O–H groups in total. The molecule has 0 saturated heterocycles. The highest BCUT2D eigenvalue weighted by molar-refractivity contribution is 5.85. The van der Waals surface area contributed by atoms with E-state index in [-0.39, 0.29) is 23.9 Å². The molecule has 1 saturated carbocycles.